The summed E-state index contributed by atoms with van der Waals surface area (Å²) in [4.78, 5) is 22.2. The molecule has 4 aromatic rings. The van der Waals surface area contributed by atoms with Crippen LogP contribution < -0.4 is 4.72 Å². The van der Waals surface area contributed by atoms with Crippen molar-refractivity contribution < 1.29 is 17.9 Å². The van der Waals surface area contributed by atoms with Crippen LogP contribution in [-0.2, 0) is 17.7 Å². The van der Waals surface area contributed by atoms with Crippen molar-refractivity contribution in [3.8, 4) is 11.3 Å². The first kappa shape index (κ1) is 23.1. The van der Waals surface area contributed by atoms with E-state index in [9.17, 15) is 13.6 Å². The highest BCUT2D eigenvalue weighted by molar-refractivity contribution is 7.77. The molecule has 3 aromatic carbocycles. The molecule has 1 aromatic heterocycles. The fraction of sp³-hybridized carbons (Fsp3) is 0.125. The summed E-state index contributed by atoms with van der Waals surface area (Å²) in [6, 6.07) is 17.3. The van der Waals surface area contributed by atoms with Crippen LogP contribution >= 0.6 is 11.6 Å². The summed E-state index contributed by atoms with van der Waals surface area (Å²) in [6.45, 7) is 0.161. The lowest BCUT2D eigenvalue weighted by Gasteiger charge is -2.11. The van der Waals surface area contributed by atoms with Crippen LogP contribution in [0.15, 0.2) is 66.9 Å². The minimum Gasteiger partial charge on any atom is -0.760 e. The molecule has 1 unspecified atom stereocenters. The summed E-state index contributed by atoms with van der Waals surface area (Å²) in [5.41, 5.74) is 2.96. The lowest BCUT2D eigenvalue weighted by atomic mass is 9.98. The second-order valence-corrected chi connectivity index (χ2v) is 8.45. The van der Waals surface area contributed by atoms with Gasteiger partial charge in [-0.05, 0) is 42.7 Å². The molecule has 0 amide bonds. The van der Waals surface area contributed by atoms with E-state index in [0.29, 0.717) is 23.1 Å². The number of fused-ring (bicyclic) bond motifs is 1. The van der Waals surface area contributed by atoms with Gasteiger partial charge in [-0.15, -0.1) is 0 Å². The molecule has 33 heavy (non-hydrogen) atoms. The summed E-state index contributed by atoms with van der Waals surface area (Å²) in [7, 11) is 0. The van der Waals surface area contributed by atoms with E-state index in [0.717, 1.165) is 5.56 Å². The van der Waals surface area contributed by atoms with Crippen LogP contribution in [0.4, 0.5) is 4.39 Å². The van der Waals surface area contributed by atoms with Gasteiger partial charge in [0, 0.05) is 28.9 Å². The number of carbonyl (C=O) groups is 1. The van der Waals surface area contributed by atoms with Gasteiger partial charge < -0.3 is 4.55 Å². The van der Waals surface area contributed by atoms with E-state index >= 15 is 4.39 Å². The lowest BCUT2D eigenvalue weighted by molar-refractivity contribution is 0.103. The molecular weight excluding hydrogens is 465 g/mol. The van der Waals surface area contributed by atoms with Crippen LogP contribution in [0.2, 0.25) is 5.02 Å². The van der Waals surface area contributed by atoms with Crippen molar-refractivity contribution in [3.05, 3.63) is 94.4 Å². The first-order valence-corrected chi connectivity index (χ1v) is 11.6. The Bertz CT molecular complexity index is 1350. The number of halogens is 2. The van der Waals surface area contributed by atoms with Gasteiger partial charge in [0.1, 0.15) is 5.82 Å². The van der Waals surface area contributed by atoms with Gasteiger partial charge in [0.15, 0.2) is 5.78 Å². The molecule has 0 aliphatic rings. The molecule has 9 heteroatoms. The SMILES string of the molecule is O=C(c1ccc2ncc(-c3ccccc3)nc2c1)c1c(Cl)ccc(CCCNS(=O)[O-])c1F. The molecule has 1 N–H and O–H groups in total. The van der Waals surface area contributed by atoms with Crippen molar-refractivity contribution in [2.75, 3.05) is 6.54 Å². The quantitative estimate of drug-likeness (QED) is 0.224. The van der Waals surface area contributed by atoms with E-state index in [2.05, 4.69) is 14.7 Å². The third-order valence-corrected chi connectivity index (χ3v) is 5.87. The average molecular weight is 483 g/mol. The van der Waals surface area contributed by atoms with E-state index < -0.39 is 22.9 Å². The van der Waals surface area contributed by atoms with E-state index in [1.165, 1.54) is 12.1 Å². The van der Waals surface area contributed by atoms with E-state index in [-0.39, 0.29) is 34.7 Å². The Morgan fingerprint density at radius 2 is 1.88 bits per heavy atom. The van der Waals surface area contributed by atoms with Crippen molar-refractivity contribution >= 4 is 39.7 Å². The zero-order valence-corrected chi connectivity index (χ0v) is 18.8. The minimum atomic E-state index is -2.37. The zero-order chi connectivity index (χ0) is 23.4. The molecule has 1 heterocycles. The van der Waals surface area contributed by atoms with Gasteiger partial charge in [0.05, 0.1) is 33.5 Å². The molecule has 0 fully saturated rings. The molecule has 0 saturated carbocycles. The summed E-state index contributed by atoms with van der Waals surface area (Å²) < 4.78 is 38.5. The monoisotopic (exact) mass is 482 g/mol. The Balaban J connectivity index is 1.65. The number of hydrogen-bond donors (Lipinski definition) is 1. The molecule has 1 atom stereocenters. The Hall–Kier alpha value is -3.04. The summed E-state index contributed by atoms with van der Waals surface area (Å²) in [5.74, 6) is -1.27. The Morgan fingerprint density at radius 1 is 1.09 bits per heavy atom. The topological polar surface area (TPSA) is 95.0 Å². The summed E-state index contributed by atoms with van der Waals surface area (Å²) in [6.07, 6.45) is 2.28. The summed E-state index contributed by atoms with van der Waals surface area (Å²) >= 11 is 3.82. The van der Waals surface area contributed by atoms with Gasteiger partial charge >= 0.3 is 0 Å². The highest BCUT2D eigenvalue weighted by Crippen LogP contribution is 2.27. The number of aromatic nitrogens is 2. The van der Waals surface area contributed by atoms with Gasteiger partial charge in [-0.1, -0.05) is 48.0 Å². The fourth-order valence-corrected chi connectivity index (χ4v) is 4.02. The highest BCUT2D eigenvalue weighted by atomic mass is 35.5. The largest absolute Gasteiger partial charge is 0.760 e. The first-order valence-electron chi connectivity index (χ1n) is 10.1. The number of carbonyl (C=O) groups excluding carboxylic acids is 1. The van der Waals surface area contributed by atoms with Crippen LogP contribution in [0.3, 0.4) is 0 Å². The van der Waals surface area contributed by atoms with Crippen molar-refractivity contribution in [1.82, 2.24) is 14.7 Å². The van der Waals surface area contributed by atoms with Crippen LogP contribution in [0, 0.1) is 5.82 Å². The van der Waals surface area contributed by atoms with Crippen LogP contribution in [0.1, 0.15) is 27.9 Å². The lowest BCUT2D eigenvalue weighted by Crippen LogP contribution is -2.18. The third kappa shape index (κ3) is 5.31. The van der Waals surface area contributed by atoms with Crippen LogP contribution in [-0.4, -0.2) is 31.1 Å². The van der Waals surface area contributed by atoms with Gasteiger partial charge in [-0.25, -0.2) is 14.1 Å². The molecule has 0 radical (unpaired) electrons. The normalized spacial score (nSPS) is 12.1. The molecule has 168 valence electrons. The Labute approximate surface area is 197 Å². The summed E-state index contributed by atoms with van der Waals surface area (Å²) in [5, 5.41) is 0.00394. The molecule has 0 aliphatic heterocycles. The first-order chi connectivity index (χ1) is 15.9. The van der Waals surface area contributed by atoms with E-state index in [4.69, 9.17) is 11.6 Å². The second kappa shape index (κ2) is 10.3. The molecule has 0 bridgehead atoms. The standard InChI is InChI=1S/C24H19ClFN3O3S/c25-18-10-8-16(7-4-12-28-33(31)32)23(26)22(18)24(30)17-9-11-19-20(13-17)29-21(14-27-19)15-5-2-1-3-6-15/h1-3,5-6,8-11,13-14,28H,4,7,12H2,(H,31,32)/p-1. The number of ketones is 1. The number of nitrogens with zero attached hydrogens (tertiary/aromatic N) is 2. The predicted molar refractivity (Wildman–Crippen MR) is 125 cm³/mol. The Kier molecular flexibility index (Phi) is 7.20. The molecule has 0 spiro atoms. The minimum absolute atomic E-state index is 0.00394. The van der Waals surface area contributed by atoms with Gasteiger partial charge in [0.25, 0.3) is 0 Å². The maximum Gasteiger partial charge on any atom is 0.197 e. The van der Waals surface area contributed by atoms with Crippen LogP contribution in [0.25, 0.3) is 22.3 Å². The van der Waals surface area contributed by atoms with Crippen molar-refractivity contribution in [2.45, 2.75) is 12.8 Å². The number of aryl methyl sites for hydroxylation is 1. The zero-order valence-electron chi connectivity index (χ0n) is 17.3. The smallest absolute Gasteiger partial charge is 0.197 e. The Morgan fingerprint density at radius 3 is 2.64 bits per heavy atom. The van der Waals surface area contributed by atoms with Gasteiger partial charge in [0.2, 0.25) is 0 Å². The van der Waals surface area contributed by atoms with E-state index in [1.807, 2.05) is 30.3 Å². The molecule has 4 rings (SSSR count). The third-order valence-electron chi connectivity index (χ3n) is 5.11. The van der Waals surface area contributed by atoms with Gasteiger partial charge in [-0.3, -0.25) is 14.0 Å². The maximum atomic E-state index is 15.2. The van der Waals surface area contributed by atoms with Crippen molar-refractivity contribution in [3.63, 3.8) is 0 Å². The molecule has 6 nitrogen and oxygen atoms in total. The molecular formula is C24H18ClFN3O3S-. The molecule has 0 aliphatic carbocycles. The highest BCUT2D eigenvalue weighted by Gasteiger charge is 2.21. The number of nitrogens with one attached hydrogen (secondary N) is 1. The fourth-order valence-electron chi connectivity index (χ4n) is 3.48. The predicted octanol–water partition coefficient (Wildman–Crippen LogP) is 4.64. The number of rotatable bonds is 8. The van der Waals surface area contributed by atoms with Crippen molar-refractivity contribution in [2.24, 2.45) is 0 Å². The maximum absolute atomic E-state index is 15.2. The van der Waals surface area contributed by atoms with Crippen molar-refractivity contribution in [1.29, 1.82) is 0 Å². The number of benzene rings is 3. The second-order valence-electron chi connectivity index (χ2n) is 7.28. The molecule has 0 saturated heterocycles. The van der Waals surface area contributed by atoms with Crippen LogP contribution in [0.5, 0.6) is 0 Å². The van der Waals surface area contributed by atoms with Gasteiger partial charge in [-0.2, -0.15) is 0 Å². The number of hydrogen-bond acceptors (Lipinski definition) is 5. The average Bonchev–Trinajstić information content (AvgIpc) is 2.82. The van der Waals surface area contributed by atoms with E-state index in [1.54, 1.807) is 24.4 Å².